The van der Waals surface area contributed by atoms with Gasteiger partial charge in [0.1, 0.15) is 0 Å². The van der Waals surface area contributed by atoms with Crippen LogP contribution in [-0.2, 0) is 6.42 Å². The molecule has 0 saturated carbocycles. The van der Waals surface area contributed by atoms with Gasteiger partial charge in [-0.1, -0.05) is 24.6 Å². The van der Waals surface area contributed by atoms with Crippen molar-refractivity contribution in [3.8, 4) is 0 Å². The summed E-state index contributed by atoms with van der Waals surface area (Å²) in [7, 11) is 0. The van der Waals surface area contributed by atoms with Crippen molar-refractivity contribution in [3.63, 3.8) is 0 Å². The van der Waals surface area contributed by atoms with Crippen LogP contribution in [0.5, 0.6) is 0 Å². The Morgan fingerprint density at radius 2 is 1.92 bits per heavy atom. The molecule has 0 aliphatic carbocycles. The summed E-state index contributed by atoms with van der Waals surface area (Å²) in [6.07, 6.45) is 0.926. The van der Waals surface area contributed by atoms with Crippen LogP contribution in [0.25, 0.3) is 0 Å². The molecule has 0 unspecified atom stereocenters. The molecule has 1 aliphatic rings. The highest BCUT2D eigenvalue weighted by Crippen LogP contribution is 2.26. The largest absolute Gasteiger partial charge is 0.365 e. The van der Waals surface area contributed by atoms with Crippen LogP contribution < -0.4 is 4.90 Å². The number of carbonyl (C=O) groups is 1. The van der Waals surface area contributed by atoms with Crippen molar-refractivity contribution in [1.82, 2.24) is 4.90 Å². The van der Waals surface area contributed by atoms with Crippen molar-refractivity contribution in [2.45, 2.75) is 40.2 Å². The Hall–Kier alpha value is -1.81. The van der Waals surface area contributed by atoms with Gasteiger partial charge in [-0.3, -0.25) is 4.79 Å². The minimum Gasteiger partial charge on any atom is -0.365 e. The van der Waals surface area contributed by atoms with Gasteiger partial charge in [0.15, 0.2) is 0 Å². The van der Waals surface area contributed by atoms with E-state index in [-0.39, 0.29) is 5.91 Å². The Bertz CT molecular complexity index is 720. The molecule has 1 fully saturated rings. The Morgan fingerprint density at radius 1 is 1.21 bits per heavy atom. The van der Waals surface area contributed by atoms with Gasteiger partial charge in [-0.05, 0) is 44.9 Å². The van der Waals surface area contributed by atoms with Gasteiger partial charge in [0.05, 0.1) is 5.56 Å². The standard InChI is InChI=1S/C20H26N2OS/c1-5-18-16(4)24-13-19(18)20(23)21-10-11-22(15(3)12-21)17-8-6-14(2)7-9-17/h6-9,13,15H,5,10-12H2,1-4H3/t15-/m0/s1. The fourth-order valence-corrected chi connectivity index (χ4v) is 4.46. The van der Waals surface area contributed by atoms with Crippen molar-refractivity contribution in [3.05, 3.63) is 51.2 Å². The van der Waals surface area contributed by atoms with E-state index in [0.717, 1.165) is 31.6 Å². The van der Waals surface area contributed by atoms with Crippen LogP contribution in [0.15, 0.2) is 29.6 Å². The first-order valence-electron chi connectivity index (χ1n) is 8.70. The van der Waals surface area contributed by atoms with E-state index in [9.17, 15) is 4.79 Å². The van der Waals surface area contributed by atoms with E-state index in [2.05, 4.69) is 56.9 Å². The maximum atomic E-state index is 12.9. The normalized spacial score (nSPS) is 18.1. The lowest BCUT2D eigenvalue weighted by Crippen LogP contribution is -2.53. The van der Waals surface area contributed by atoms with E-state index in [1.165, 1.54) is 21.7 Å². The zero-order chi connectivity index (χ0) is 17.3. The van der Waals surface area contributed by atoms with Crippen LogP contribution in [0.1, 0.15) is 40.2 Å². The smallest absolute Gasteiger partial charge is 0.255 e. The van der Waals surface area contributed by atoms with E-state index in [0.29, 0.717) is 6.04 Å². The van der Waals surface area contributed by atoms with Crippen molar-refractivity contribution in [1.29, 1.82) is 0 Å². The molecule has 128 valence electrons. The third-order valence-corrected chi connectivity index (χ3v) is 5.92. The molecule has 1 aromatic carbocycles. The number of amides is 1. The van der Waals surface area contributed by atoms with Crippen molar-refractivity contribution in [2.75, 3.05) is 24.5 Å². The quantitative estimate of drug-likeness (QED) is 0.831. The Morgan fingerprint density at radius 3 is 2.54 bits per heavy atom. The summed E-state index contributed by atoms with van der Waals surface area (Å²) in [5.41, 5.74) is 4.66. The molecule has 4 heteroatoms. The molecule has 0 radical (unpaired) electrons. The Balaban J connectivity index is 1.73. The van der Waals surface area contributed by atoms with Crippen LogP contribution in [0, 0.1) is 13.8 Å². The summed E-state index contributed by atoms with van der Waals surface area (Å²) in [6.45, 7) is 11.0. The van der Waals surface area contributed by atoms with Gasteiger partial charge < -0.3 is 9.80 Å². The predicted molar refractivity (Wildman–Crippen MR) is 102 cm³/mol. The monoisotopic (exact) mass is 342 g/mol. The molecule has 2 heterocycles. The second kappa shape index (κ2) is 6.98. The van der Waals surface area contributed by atoms with Crippen molar-refractivity contribution >= 4 is 22.9 Å². The number of anilines is 1. The van der Waals surface area contributed by atoms with Gasteiger partial charge in [-0.2, -0.15) is 0 Å². The molecule has 0 N–H and O–H groups in total. The number of aryl methyl sites for hydroxylation is 2. The van der Waals surface area contributed by atoms with Crippen molar-refractivity contribution in [2.24, 2.45) is 0 Å². The molecule has 24 heavy (non-hydrogen) atoms. The van der Waals surface area contributed by atoms with E-state index in [4.69, 9.17) is 0 Å². The molecule has 3 nitrogen and oxygen atoms in total. The average Bonchev–Trinajstić information content (AvgIpc) is 2.95. The van der Waals surface area contributed by atoms with E-state index in [1.54, 1.807) is 11.3 Å². The first kappa shape index (κ1) is 17.0. The Kier molecular flexibility index (Phi) is 4.95. The van der Waals surface area contributed by atoms with Crippen LogP contribution in [0.4, 0.5) is 5.69 Å². The summed E-state index contributed by atoms with van der Waals surface area (Å²) in [5.74, 6) is 0.201. The summed E-state index contributed by atoms with van der Waals surface area (Å²) < 4.78 is 0. The zero-order valence-corrected chi connectivity index (χ0v) is 15.8. The summed E-state index contributed by atoms with van der Waals surface area (Å²) in [4.78, 5) is 18.6. The second-order valence-electron chi connectivity index (χ2n) is 6.67. The number of hydrogen-bond acceptors (Lipinski definition) is 3. The number of hydrogen-bond donors (Lipinski definition) is 0. The number of nitrogens with zero attached hydrogens (tertiary/aromatic N) is 2. The number of rotatable bonds is 3. The lowest BCUT2D eigenvalue weighted by atomic mass is 10.1. The molecule has 1 aromatic heterocycles. The summed E-state index contributed by atoms with van der Waals surface area (Å²) >= 11 is 1.69. The average molecular weight is 343 g/mol. The molecule has 3 rings (SSSR count). The molecule has 0 bridgehead atoms. The first-order chi connectivity index (χ1) is 11.5. The topological polar surface area (TPSA) is 23.6 Å². The molecule has 1 atom stereocenters. The minimum absolute atomic E-state index is 0.201. The fourth-order valence-electron chi connectivity index (χ4n) is 3.53. The van der Waals surface area contributed by atoms with Gasteiger partial charge >= 0.3 is 0 Å². The van der Waals surface area contributed by atoms with Gasteiger partial charge in [0, 0.05) is 41.6 Å². The highest BCUT2D eigenvalue weighted by atomic mass is 32.1. The molecule has 1 saturated heterocycles. The third kappa shape index (κ3) is 3.20. The number of carbonyl (C=O) groups excluding carboxylic acids is 1. The molecular formula is C20H26N2OS. The lowest BCUT2D eigenvalue weighted by Gasteiger charge is -2.41. The molecule has 0 spiro atoms. The van der Waals surface area contributed by atoms with Crippen LogP contribution in [-0.4, -0.2) is 36.5 Å². The fraction of sp³-hybridized carbons (Fsp3) is 0.450. The van der Waals surface area contributed by atoms with Gasteiger partial charge in [0.2, 0.25) is 0 Å². The maximum absolute atomic E-state index is 12.9. The molecular weight excluding hydrogens is 316 g/mol. The summed E-state index contributed by atoms with van der Waals surface area (Å²) in [6, 6.07) is 9.00. The number of thiophene rings is 1. The molecule has 1 aliphatic heterocycles. The first-order valence-corrected chi connectivity index (χ1v) is 9.58. The predicted octanol–water partition coefficient (Wildman–Crippen LogP) is 4.28. The van der Waals surface area contributed by atoms with Crippen LogP contribution in [0.3, 0.4) is 0 Å². The van der Waals surface area contributed by atoms with Gasteiger partial charge in [-0.15, -0.1) is 11.3 Å². The number of piperazine rings is 1. The second-order valence-corrected chi connectivity index (χ2v) is 7.75. The van der Waals surface area contributed by atoms with E-state index < -0.39 is 0 Å². The summed E-state index contributed by atoms with van der Waals surface area (Å²) in [5, 5.41) is 2.04. The van der Waals surface area contributed by atoms with Crippen LogP contribution >= 0.6 is 11.3 Å². The minimum atomic E-state index is 0.201. The highest BCUT2D eigenvalue weighted by molar-refractivity contribution is 7.10. The lowest BCUT2D eigenvalue weighted by molar-refractivity contribution is 0.0726. The molecule has 1 amide bonds. The van der Waals surface area contributed by atoms with E-state index >= 15 is 0 Å². The maximum Gasteiger partial charge on any atom is 0.255 e. The number of benzene rings is 1. The Labute approximate surface area is 148 Å². The van der Waals surface area contributed by atoms with Gasteiger partial charge in [0.25, 0.3) is 5.91 Å². The highest BCUT2D eigenvalue weighted by Gasteiger charge is 2.29. The van der Waals surface area contributed by atoms with Crippen molar-refractivity contribution < 1.29 is 4.79 Å². The van der Waals surface area contributed by atoms with Crippen LogP contribution in [0.2, 0.25) is 0 Å². The SMILES string of the molecule is CCc1c(C(=O)N2CCN(c3ccc(C)cc3)[C@@H](C)C2)csc1C. The zero-order valence-electron chi connectivity index (χ0n) is 15.0. The van der Waals surface area contributed by atoms with E-state index in [1.807, 2.05) is 10.3 Å². The third-order valence-electron chi connectivity index (χ3n) is 4.97. The molecule has 2 aromatic rings. The van der Waals surface area contributed by atoms with Gasteiger partial charge in [-0.25, -0.2) is 0 Å².